The minimum atomic E-state index is 0.417. The topological polar surface area (TPSA) is 28.2 Å². The molecule has 1 aromatic heterocycles. The van der Waals surface area contributed by atoms with Crippen LogP contribution in [0.5, 0.6) is 0 Å². The maximum Gasteiger partial charge on any atom is 0.0900 e. The van der Waals surface area contributed by atoms with Crippen LogP contribution in [-0.4, -0.2) is 35.1 Å². The van der Waals surface area contributed by atoms with E-state index in [4.69, 9.17) is 0 Å². The highest BCUT2D eigenvalue weighted by atomic mass is 32.1. The predicted octanol–water partition coefficient (Wildman–Crippen LogP) is 3.04. The average molecular weight is 279 g/mol. The Morgan fingerprint density at radius 2 is 2.05 bits per heavy atom. The van der Waals surface area contributed by atoms with Gasteiger partial charge in [-0.3, -0.25) is 4.90 Å². The number of aryl methyl sites for hydroxylation is 2. The van der Waals surface area contributed by atoms with E-state index in [1.54, 1.807) is 0 Å². The molecule has 1 spiro atoms. The van der Waals surface area contributed by atoms with Crippen molar-refractivity contribution in [3.8, 4) is 0 Å². The highest BCUT2D eigenvalue weighted by Gasteiger charge is 2.39. The molecule has 2 fully saturated rings. The number of nitrogens with one attached hydrogen (secondary N) is 1. The summed E-state index contributed by atoms with van der Waals surface area (Å²) in [5.74, 6) is 0. The van der Waals surface area contributed by atoms with Gasteiger partial charge in [0.1, 0.15) is 0 Å². The van der Waals surface area contributed by atoms with Crippen molar-refractivity contribution in [2.75, 3.05) is 19.6 Å². The molecule has 106 valence electrons. The van der Waals surface area contributed by atoms with Crippen molar-refractivity contribution in [2.24, 2.45) is 0 Å². The summed E-state index contributed by atoms with van der Waals surface area (Å²) in [5, 5.41) is 5.00. The molecule has 1 aliphatic heterocycles. The van der Waals surface area contributed by atoms with Crippen molar-refractivity contribution in [1.82, 2.24) is 15.2 Å². The molecule has 1 saturated heterocycles. The lowest BCUT2D eigenvalue weighted by Crippen LogP contribution is -2.59. The Bertz CT molecular complexity index is 448. The third-order valence-corrected chi connectivity index (χ3v) is 6.08. The molecule has 0 amide bonds. The van der Waals surface area contributed by atoms with Crippen LogP contribution >= 0.6 is 11.3 Å². The molecule has 0 bridgehead atoms. The molecule has 19 heavy (non-hydrogen) atoms. The second kappa shape index (κ2) is 5.15. The van der Waals surface area contributed by atoms with Gasteiger partial charge in [0, 0.05) is 36.1 Å². The normalized spacial score (nSPS) is 25.0. The zero-order chi connectivity index (χ0) is 13.5. The average Bonchev–Trinajstić information content (AvgIpc) is 2.96. The van der Waals surface area contributed by atoms with Gasteiger partial charge in [-0.1, -0.05) is 12.8 Å². The number of rotatable bonds is 2. The van der Waals surface area contributed by atoms with Gasteiger partial charge >= 0.3 is 0 Å². The summed E-state index contributed by atoms with van der Waals surface area (Å²) in [6, 6.07) is 0.519. The Morgan fingerprint density at radius 3 is 2.68 bits per heavy atom. The largest absolute Gasteiger partial charge is 0.309 e. The molecule has 0 radical (unpaired) electrons. The van der Waals surface area contributed by atoms with Crippen molar-refractivity contribution in [1.29, 1.82) is 0 Å². The standard InChI is InChI=1S/C15H25N3S/c1-11-14(19-13(3)17-11)12(2)18-9-8-16-15(10-18)6-4-5-7-15/h12,16H,4-10H2,1-3H3. The van der Waals surface area contributed by atoms with Crippen molar-refractivity contribution in [2.45, 2.75) is 58.0 Å². The summed E-state index contributed by atoms with van der Waals surface area (Å²) in [7, 11) is 0. The third kappa shape index (κ3) is 2.58. The molecule has 1 saturated carbocycles. The first-order valence-electron chi connectivity index (χ1n) is 7.53. The molecule has 3 nitrogen and oxygen atoms in total. The van der Waals surface area contributed by atoms with E-state index in [9.17, 15) is 0 Å². The van der Waals surface area contributed by atoms with Crippen LogP contribution in [0.3, 0.4) is 0 Å². The Balaban J connectivity index is 1.76. The Labute approximate surface area is 120 Å². The summed E-state index contributed by atoms with van der Waals surface area (Å²) >= 11 is 1.87. The smallest absolute Gasteiger partial charge is 0.0900 e. The van der Waals surface area contributed by atoms with Gasteiger partial charge < -0.3 is 5.32 Å². The number of thiazole rings is 1. The van der Waals surface area contributed by atoms with E-state index < -0.39 is 0 Å². The SMILES string of the molecule is Cc1nc(C)c(C(C)N2CCNC3(CCCC3)C2)s1. The monoisotopic (exact) mass is 279 g/mol. The first-order valence-corrected chi connectivity index (χ1v) is 8.34. The maximum atomic E-state index is 4.59. The summed E-state index contributed by atoms with van der Waals surface area (Å²) in [4.78, 5) is 8.73. The third-order valence-electron chi connectivity index (χ3n) is 4.83. The quantitative estimate of drug-likeness (QED) is 0.902. The first-order chi connectivity index (χ1) is 9.10. The van der Waals surface area contributed by atoms with Crippen LogP contribution in [0.4, 0.5) is 0 Å². The molecule has 2 aliphatic rings. The number of hydrogen-bond donors (Lipinski definition) is 1. The van der Waals surface area contributed by atoms with Gasteiger partial charge in [0.25, 0.3) is 0 Å². The molecular weight excluding hydrogens is 254 g/mol. The fourth-order valence-corrected chi connectivity index (χ4v) is 4.82. The fraction of sp³-hybridized carbons (Fsp3) is 0.800. The van der Waals surface area contributed by atoms with Crippen LogP contribution in [-0.2, 0) is 0 Å². The summed E-state index contributed by atoms with van der Waals surface area (Å²) in [5.41, 5.74) is 1.65. The fourth-order valence-electron chi connectivity index (χ4n) is 3.81. The molecule has 1 aromatic rings. The van der Waals surface area contributed by atoms with Crippen LogP contribution in [0.25, 0.3) is 0 Å². The molecule has 1 unspecified atom stereocenters. The lowest BCUT2D eigenvalue weighted by molar-refractivity contribution is 0.102. The molecule has 1 aliphatic carbocycles. The van der Waals surface area contributed by atoms with E-state index in [1.165, 1.54) is 54.4 Å². The van der Waals surface area contributed by atoms with Gasteiger partial charge in [0.15, 0.2) is 0 Å². The predicted molar refractivity (Wildman–Crippen MR) is 80.8 cm³/mol. The van der Waals surface area contributed by atoms with Crippen molar-refractivity contribution < 1.29 is 0 Å². The van der Waals surface area contributed by atoms with Gasteiger partial charge in [-0.2, -0.15) is 0 Å². The summed E-state index contributed by atoms with van der Waals surface area (Å²) in [6.07, 6.45) is 5.51. The highest BCUT2D eigenvalue weighted by Crippen LogP contribution is 2.36. The van der Waals surface area contributed by atoms with E-state index in [-0.39, 0.29) is 0 Å². The number of hydrogen-bond acceptors (Lipinski definition) is 4. The number of aromatic nitrogens is 1. The molecule has 1 N–H and O–H groups in total. The Morgan fingerprint density at radius 1 is 1.32 bits per heavy atom. The number of piperazine rings is 1. The van der Waals surface area contributed by atoms with Crippen LogP contribution in [0.15, 0.2) is 0 Å². The van der Waals surface area contributed by atoms with E-state index in [1.807, 2.05) is 11.3 Å². The van der Waals surface area contributed by atoms with Crippen molar-refractivity contribution >= 4 is 11.3 Å². The minimum Gasteiger partial charge on any atom is -0.309 e. The van der Waals surface area contributed by atoms with E-state index in [0.29, 0.717) is 11.6 Å². The van der Waals surface area contributed by atoms with Crippen LogP contribution in [0.2, 0.25) is 0 Å². The zero-order valence-electron chi connectivity index (χ0n) is 12.3. The first kappa shape index (κ1) is 13.5. The molecule has 1 atom stereocenters. The molecule has 2 heterocycles. The van der Waals surface area contributed by atoms with Gasteiger partial charge in [-0.15, -0.1) is 11.3 Å². The maximum absolute atomic E-state index is 4.59. The molecule has 0 aromatic carbocycles. The molecule has 3 rings (SSSR count). The van der Waals surface area contributed by atoms with Gasteiger partial charge in [-0.05, 0) is 33.6 Å². The Hall–Kier alpha value is -0.450. The van der Waals surface area contributed by atoms with E-state index in [2.05, 4.69) is 36.0 Å². The van der Waals surface area contributed by atoms with Crippen molar-refractivity contribution in [3.05, 3.63) is 15.6 Å². The second-order valence-corrected chi connectivity index (χ2v) is 7.48. The van der Waals surface area contributed by atoms with Gasteiger partial charge in [-0.25, -0.2) is 4.98 Å². The van der Waals surface area contributed by atoms with Crippen molar-refractivity contribution in [3.63, 3.8) is 0 Å². The Kier molecular flexibility index (Phi) is 3.67. The minimum absolute atomic E-state index is 0.417. The summed E-state index contributed by atoms with van der Waals surface area (Å²) in [6.45, 7) is 10.1. The van der Waals surface area contributed by atoms with Gasteiger partial charge in [0.2, 0.25) is 0 Å². The lowest BCUT2D eigenvalue weighted by atomic mass is 9.93. The zero-order valence-corrected chi connectivity index (χ0v) is 13.1. The lowest BCUT2D eigenvalue weighted by Gasteiger charge is -2.44. The van der Waals surface area contributed by atoms with E-state index >= 15 is 0 Å². The van der Waals surface area contributed by atoms with Crippen LogP contribution < -0.4 is 5.32 Å². The highest BCUT2D eigenvalue weighted by molar-refractivity contribution is 7.11. The molecule has 4 heteroatoms. The van der Waals surface area contributed by atoms with Crippen LogP contribution in [0, 0.1) is 13.8 Å². The van der Waals surface area contributed by atoms with Gasteiger partial charge in [0.05, 0.1) is 10.7 Å². The second-order valence-electron chi connectivity index (χ2n) is 6.24. The molecular formula is C15H25N3S. The number of nitrogens with zero attached hydrogens (tertiary/aromatic N) is 2. The summed E-state index contributed by atoms with van der Waals surface area (Å²) < 4.78 is 0. The van der Waals surface area contributed by atoms with Crippen LogP contribution in [0.1, 0.15) is 54.2 Å². The van der Waals surface area contributed by atoms with E-state index in [0.717, 1.165) is 6.54 Å².